The molecule has 3 saturated heterocycles. The van der Waals surface area contributed by atoms with E-state index < -0.39 is 83.9 Å². The molecule has 20 heteroatoms. The van der Waals surface area contributed by atoms with E-state index in [2.05, 4.69) is 42.2 Å². The number of alkyl carbamates (subject to hydrolysis) is 1. The topological polar surface area (TPSA) is 267 Å². The Balaban J connectivity index is 1.12. The lowest BCUT2D eigenvalue weighted by Gasteiger charge is -2.32. The number of carbonyl (C=O) groups excluding carboxylic acids is 7. The van der Waals surface area contributed by atoms with Crippen LogP contribution in [0.1, 0.15) is 59.5 Å². The Morgan fingerprint density at radius 2 is 1.24 bits per heavy atom. The number of rotatable bonds is 15. The van der Waals surface area contributed by atoms with E-state index in [1.807, 2.05) is 54.6 Å². The van der Waals surface area contributed by atoms with E-state index in [9.17, 15) is 4.79 Å². The molecule has 4 heterocycles. The molecule has 10 N–H and O–H groups in total. The first-order valence-electron chi connectivity index (χ1n) is 27.1. The second-order valence-corrected chi connectivity index (χ2v) is 21.0. The first-order valence-corrected chi connectivity index (χ1v) is 27.5. The first-order chi connectivity index (χ1) is 38.9. The van der Waals surface area contributed by atoms with Crippen LogP contribution in [0, 0.1) is 5.92 Å². The fraction of sp³-hybridized carbons (Fsp3) is 0.350. The molecule has 80 heavy (non-hydrogen) atoms. The van der Waals surface area contributed by atoms with Gasteiger partial charge in [0.05, 0.1) is 6.54 Å². The van der Waals surface area contributed by atoms with E-state index in [1.54, 1.807) is 85.1 Å². The Hall–Kier alpha value is -8.26. The summed E-state index contributed by atoms with van der Waals surface area (Å²) in [7, 11) is 0. The van der Waals surface area contributed by atoms with E-state index in [0.717, 1.165) is 16.5 Å². The SMILES string of the molecule is NCCNC(=O)O[C@@H]1C[C@H]2C(=O)N[C@@H](c3ccccc3)C(=O)N[C@H](Cc3c[nH]c4ccccc34)C(=O)NC(CC3CCNCC3)C(=O)N[C@@H](Cc3ccc(OCc4ccccc4)cc3)C(=O)NC(Cc3ccc(Cl)cc3)C(=O)N2C1. The number of aromatic amines is 1. The van der Waals surface area contributed by atoms with Gasteiger partial charge in [-0.2, -0.15) is 0 Å². The summed E-state index contributed by atoms with van der Waals surface area (Å²) >= 11 is 6.31. The van der Waals surface area contributed by atoms with Crippen molar-refractivity contribution >= 4 is 64.0 Å². The molecule has 0 aliphatic carbocycles. The molecule has 0 saturated carbocycles. The van der Waals surface area contributed by atoms with Gasteiger partial charge in [0.25, 0.3) is 0 Å². The predicted octanol–water partition coefficient (Wildman–Crippen LogP) is 4.28. The lowest BCUT2D eigenvalue weighted by Crippen LogP contribution is -2.61. The molecule has 0 spiro atoms. The quantitative estimate of drug-likeness (QED) is 0.0701. The average Bonchev–Trinajstić information content (AvgIpc) is 4.11. The minimum Gasteiger partial charge on any atom is -0.489 e. The summed E-state index contributed by atoms with van der Waals surface area (Å²) in [5.41, 5.74) is 9.72. The summed E-state index contributed by atoms with van der Waals surface area (Å²) in [4.78, 5) is 109. The molecule has 5 aromatic carbocycles. The number of H-pyrrole nitrogens is 1. The maximum absolute atomic E-state index is 15.4. The second kappa shape index (κ2) is 27.1. The molecule has 7 atom stereocenters. The molecule has 7 amide bonds. The summed E-state index contributed by atoms with van der Waals surface area (Å²) in [6, 6.07) is 31.5. The molecule has 418 valence electrons. The van der Waals surface area contributed by atoms with E-state index in [-0.39, 0.29) is 57.7 Å². The molecule has 19 nitrogen and oxygen atoms in total. The number of nitrogens with two attached hydrogens (primary N) is 1. The maximum atomic E-state index is 15.4. The zero-order valence-electron chi connectivity index (χ0n) is 44.2. The highest BCUT2D eigenvalue weighted by atomic mass is 35.5. The highest BCUT2D eigenvalue weighted by molar-refractivity contribution is 6.30. The normalized spacial score (nSPS) is 22.6. The van der Waals surface area contributed by atoms with Crippen LogP contribution in [0.5, 0.6) is 5.75 Å². The van der Waals surface area contributed by atoms with Gasteiger partial charge < -0.3 is 62.3 Å². The number of benzene rings is 5. The van der Waals surface area contributed by atoms with E-state index in [4.69, 9.17) is 26.8 Å². The van der Waals surface area contributed by atoms with Crippen molar-refractivity contribution in [2.75, 3.05) is 32.7 Å². The summed E-state index contributed by atoms with van der Waals surface area (Å²) in [5, 5.41) is 21.9. The number of fused-ring (bicyclic) bond motifs is 2. The Bertz CT molecular complexity index is 3100. The fourth-order valence-electron chi connectivity index (χ4n) is 10.6. The third kappa shape index (κ3) is 14.9. The predicted molar refractivity (Wildman–Crippen MR) is 301 cm³/mol. The number of hydrogen-bond donors (Lipinski definition) is 9. The molecule has 0 bridgehead atoms. The van der Waals surface area contributed by atoms with E-state index >= 15 is 28.8 Å². The summed E-state index contributed by atoms with van der Waals surface area (Å²) < 4.78 is 11.8. The summed E-state index contributed by atoms with van der Waals surface area (Å²) in [5.74, 6) is -3.71. The monoisotopic (exact) mass is 1110 g/mol. The average molecular weight is 1110 g/mol. The molecular weight excluding hydrogens is 1040 g/mol. The van der Waals surface area contributed by atoms with Crippen LogP contribution < -0.4 is 47.7 Å². The van der Waals surface area contributed by atoms with Crippen LogP contribution >= 0.6 is 11.6 Å². The van der Waals surface area contributed by atoms with Crippen LogP contribution in [-0.2, 0) is 59.4 Å². The maximum Gasteiger partial charge on any atom is 0.407 e. The zero-order chi connectivity index (χ0) is 56.0. The van der Waals surface area contributed by atoms with Crippen molar-refractivity contribution in [2.24, 2.45) is 11.7 Å². The zero-order valence-corrected chi connectivity index (χ0v) is 44.9. The number of piperidine rings is 1. The fourth-order valence-corrected chi connectivity index (χ4v) is 10.7. The number of para-hydroxylation sites is 1. The van der Waals surface area contributed by atoms with Crippen molar-refractivity contribution in [3.05, 3.63) is 172 Å². The Morgan fingerprint density at radius 1 is 0.637 bits per heavy atom. The highest BCUT2D eigenvalue weighted by Gasteiger charge is 2.45. The van der Waals surface area contributed by atoms with Crippen molar-refractivity contribution in [1.29, 1.82) is 0 Å². The smallest absolute Gasteiger partial charge is 0.407 e. The Kier molecular flexibility index (Phi) is 19.1. The number of halogens is 1. The number of ether oxygens (including phenoxy) is 2. The largest absolute Gasteiger partial charge is 0.489 e. The summed E-state index contributed by atoms with van der Waals surface area (Å²) in [6.07, 6.45) is 1.19. The van der Waals surface area contributed by atoms with Crippen molar-refractivity contribution in [2.45, 2.75) is 93.9 Å². The third-order valence-electron chi connectivity index (χ3n) is 14.8. The van der Waals surface area contributed by atoms with Gasteiger partial charge in [-0.25, -0.2) is 4.79 Å². The summed E-state index contributed by atoms with van der Waals surface area (Å²) in [6.45, 7) is 1.68. The van der Waals surface area contributed by atoms with Crippen LogP contribution in [0.3, 0.4) is 0 Å². The molecule has 6 aromatic rings. The second-order valence-electron chi connectivity index (χ2n) is 20.5. The van der Waals surface area contributed by atoms with Gasteiger partial charge in [0, 0.05) is 60.9 Å². The number of amides is 7. The van der Waals surface area contributed by atoms with Crippen LogP contribution in [0.25, 0.3) is 10.9 Å². The number of nitrogens with one attached hydrogen (secondary N) is 8. The van der Waals surface area contributed by atoms with Gasteiger partial charge in [0.2, 0.25) is 35.4 Å². The van der Waals surface area contributed by atoms with Crippen LogP contribution in [0.4, 0.5) is 4.79 Å². The van der Waals surface area contributed by atoms with Crippen LogP contribution in [0.2, 0.25) is 5.02 Å². The molecule has 2 unspecified atom stereocenters. The van der Waals surface area contributed by atoms with Crippen LogP contribution in [-0.4, -0.2) is 120 Å². The molecular formula is C60H67ClN10O9. The van der Waals surface area contributed by atoms with Gasteiger partial charge in [-0.05, 0) is 96.4 Å². The minimum atomic E-state index is -1.42. The van der Waals surface area contributed by atoms with Crippen molar-refractivity contribution in [3.8, 4) is 5.75 Å². The molecule has 9 rings (SSSR count). The van der Waals surface area contributed by atoms with Crippen molar-refractivity contribution in [1.82, 2.24) is 47.1 Å². The lowest BCUT2D eigenvalue weighted by molar-refractivity contribution is -0.143. The van der Waals surface area contributed by atoms with Gasteiger partial charge in [-0.15, -0.1) is 0 Å². The Morgan fingerprint density at radius 3 is 1.95 bits per heavy atom. The molecule has 3 aliphatic rings. The third-order valence-corrected chi connectivity index (χ3v) is 15.1. The standard InChI is InChI=1S/C60H67ClN10O9/c61-43-19-15-37(16-20-43)31-51-59(77)71-35-45(80-60(78)64-28-25-62)33-52(71)57(75)70-53(41-11-5-2-6-12-41)58(76)68-50(32-42-34-65-47-14-8-7-13-46(42)47)56(74)67-49(30-39-23-26-63-27-24-39)54(72)66-48(55(73)69-51)29-38-17-21-44(22-18-38)79-36-40-9-3-1-4-10-40/h1-22,34,39,45,48-53,63,65H,23-33,35-36,62H2,(H,64,78)(H,66,72)(H,67,74)(H,68,76)(H,69,73)(H,70,75)/t45-,48+,49?,50-,51?,52+,53+/m1/s1. The number of carbonyl (C=O) groups is 7. The number of hydrogen-bond acceptors (Lipinski definition) is 11. The van der Waals surface area contributed by atoms with E-state index in [1.165, 1.54) is 4.90 Å². The lowest BCUT2D eigenvalue weighted by atomic mass is 9.90. The number of aromatic nitrogens is 1. The van der Waals surface area contributed by atoms with Crippen molar-refractivity contribution < 1.29 is 43.0 Å². The highest BCUT2D eigenvalue weighted by Crippen LogP contribution is 2.27. The van der Waals surface area contributed by atoms with Crippen LogP contribution in [0.15, 0.2) is 140 Å². The molecule has 1 aromatic heterocycles. The van der Waals surface area contributed by atoms with Gasteiger partial charge in [0.15, 0.2) is 0 Å². The van der Waals surface area contributed by atoms with Gasteiger partial charge >= 0.3 is 6.09 Å². The molecule has 0 radical (unpaired) electrons. The van der Waals surface area contributed by atoms with Gasteiger partial charge in [0.1, 0.15) is 54.7 Å². The van der Waals surface area contributed by atoms with Gasteiger partial charge in [-0.3, -0.25) is 28.8 Å². The van der Waals surface area contributed by atoms with Crippen molar-refractivity contribution in [3.63, 3.8) is 0 Å². The molecule has 3 aliphatic heterocycles. The van der Waals surface area contributed by atoms with E-state index in [0.29, 0.717) is 65.6 Å². The van der Waals surface area contributed by atoms with Gasteiger partial charge in [-0.1, -0.05) is 115 Å². The number of nitrogens with zero attached hydrogens (tertiary/aromatic N) is 1. The Labute approximate surface area is 468 Å². The first kappa shape index (κ1) is 56.5. The minimum absolute atomic E-state index is 0.00507. The molecule has 3 fully saturated rings.